The van der Waals surface area contributed by atoms with Crippen LogP contribution in [0.1, 0.15) is 72.6 Å². The molecule has 1 aliphatic carbocycles. The summed E-state index contributed by atoms with van der Waals surface area (Å²) in [6, 6.07) is 0.802. The Bertz CT molecular complexity index is 190. The fraction of sp³-hybridized carbons (Fsp3) is 1.00. The monoisotopic (exact) mass is 239 g/mol. The summed E-state index contributed by atoms with van der Waals surface area (Å²) in [4.78, 5) is 0. The summed E-state index contributed by atoms with van der Waals surface area (Å²) in [6.07, 6.45) is 9.72. The first-order valence-corrected chi connectivity index (χ1v) is 7.96. The van der Waals surface area contributed by atoms with E-state index >= 15 is 0 Å². The van der Waals surface area contributed by atoms with E-state index in [2.05, 4.69) is 33.0 Å². The predicted octanol–water partition coefficient (Wildman–Crippen LogP) is 4.62. The largest absolute Gasteiger partial charge is 0.313 e. The lowest BCUT2D eigenvalue weighted by atomic mass is 9.93. The van der Waals surface area contributed by atoms with Crippen molar-refractivity contribution in [2.75, 3.05) is 6.54 Å². The van der Waals surface area contributed by atoms with Crippen molar-refractivity contribution in [2.24, 2.45) is 17.8 Å². The molecule has 0 aromatic heterocycles. The van der Waals surface area contributed by atoms with Gasteiger partial charge in [0, 0.05) is 6.04 Å². The van der Waals surface area contributed by atoms with E-state index in [-0.39, 0.29) is 0 Å². The summed E-state index contributed by atoms with van der Waals surface area (Å²) in [5, 5.41) is 3.86. The molecule has 1 aliphatic rings. The second-order valence-corrected chi connectivity index (χ2v) is 6.04. The van der Waals surface area contributed by atoms with Crippen LogP contribution in [0.25, 0.3) is 0 Å². The Balaban J connectivity index is 2.25. The maximum Gasteiger partial charge on any atom is 0.00955 e. The number of hydrogen-bond donors (Lipinski definition) is 1. The zero-order valence-corrected chi connectivity index (χ0v) is 12.5. The molecule has 0 aliphatic heterocycles. The van der Waals surface area contributed by atoms with Crippen LogP contribution in [0.2, 0.25) is 0 Å². The topological polar surface area (TPSA) is 12.0 Å². The number of nitrogens with one attached hydrogen (secondary N) is 1. The van der Waals surface area contributed by atoms with Crippen molar-refractivity contribution in [2.45, 2.75) is 78.7 Å². The van der Waals surface area contributed by atoms with Gasteiger partial charge in [-0.25, -0.2) is 0 Å². The van der Waals surface area contributed by atoms with Gasteiger partial charge >= 0.3 is 0 Å². The first kappa shape index (κ1) is 15.0. The summed E-state index contributed by atoms with van der Waals surface area (Å²) in [5.74, 6) is 2.77. The smallest absolute Gasteiger partial charge is 0.00955 e. The molecular weight excluding hydrogens is 206 g/mol. The van der Waals surface area contributed by atoms with Gasteiger partial charge in [-0.15, -0.1) is 0 Å². The Hall–Kier alpha value is -0.0400. The van der Waals surface area contributed by atoms with Crippen molar-refractivity contribution >= 4 is 0 Å². The normalized spacial score (nSPS) is 30.7. The standard InChI is InChI=1S/C16H33N/c1-5-8-9-14(6-2)12-17-16-11-10-15(7-3)13(16)4/h13-17H,5-12H2,1-4H3. The molecule has 0 aromatic rings. The molecule has 0 saturated heterocycles. The van der Waals surface area contributed by atoms with E-state index in [9.17, 15) is 0 Å². The molecular formula is C16H33N. The van der Waals surface area contributed by atoms with Gasteiger partial charge in [-0.3, -0.25) is 0 Å². The van der Waals surface area contributed by atoms with Gasteiger partial charge in [0.1, 0.15) is 0 Å². The first-order chi connectivity index (χ1) is 8.22. The van der Waals surface area contributed by atoms with E-state index < -0.39 is 0 Å². The lowest BCUT2D eigenvalue weighted by Gasteiger charge is -2.24. The van der Waals surface area contributed by atoms with Crippen LogP contribution in [0, 0.1) is 17.8 Å². The van der Waals surface area contributed by atoms with Crippen LogP contribution in [0.5, 0.6) is 0 Å². The molecule has 0 aromatic carbocycles. The van der Waals surface area contributed by atoms with Crippen molar-refractivity contribution in [1.29, 1.82) is 0 Å². The highest BCUT2D eigenvalue weighted by molar-refractivity contribution is 4.86. The maximum atomic E-state index is 3.86. The summed E-state index contributed by atoms with van der Waals surface area (Å²) in [6.45, 7) is 10.7. The second-order valence-electron chi connectivity index (χ2n) is 6.04. The van der Waals surface area contributed by atoms with Gasteiger partial charge in [0.25, 0.3) is 0 Å². The molecule has 0 bridgehead atoms. The van der Waals surface area contributed by atoms with Gasteiger partial charge in [-0.1, -0.05) is 53.4 Å². The van der Waals surface area contributed by atoms with Gasteiger partial charge in [0.2, 0.25) is 0 Å². The summed E-state index contributed by atoms with van der Waals surface area (Å²) in [5.41, 5.74) is 0. The average Bonchev–Trinajstić information content (AvgIpc) is 2.70. The Morgan fingerprint density at radius 3 is 2.47 bits per heavy atom. The zero-order valence-electron chi connectivity index (χ0n) is 12.5. The molecule has 0 amide bonds. The van der Waals surface area contributed by atoms with Crippen molar-refractivity contribution < 1.29 is 0 Å². The van der Waals surface area contributed by atoms with Crippen LogP contribution >= 0.6 is 0 Å². The van der Waals surface area contributed by atoms with Crippen molar-refractivity contribution in [3.8, 4) is 0 Å². The molecule has 102 valence electrons. The van der Waals surface area contributed by atoms with Crippen LogP contribution in [0.3, 0.4) is 0 Å². The van der Waals surface area contributed by atoms with E-state index in [1.165, 1.54) is 51.5 Å². The quantitative estimate of drug-likeness (QED) is 0.652. The van der Waals surface area contributed by atoms with Gasteiger partial charge < -0.3 is 5.32 Å². The second kappa shape index (κ2) is 8.13. The summed E-state index contributed by atoms with van der Waals surface area (Å²) in [7, 11) is 0. The van der Waals surface area contributed by atoms with Gasteiger partial charge in [0.15, 0.2) is 0 Å². The fourth-order valence-corrected chi connectivity index (χ4v) is 3.37. The summed E-state index contributed by atoms with van der Waals surface area (Å²) >= 11 is 0. The molecule has 4 unspecified atom stereocenters. The molecule has 1 N–H and O–H groups in total. The summed E-state index contributed by atoms with van der Waals surface area (Å²) < 4.78 is 0. The molecule has 1 heteroatoms. The third-order valence-electron chi connectivity index (χ3n) is 4.96. The van der Waals surface area contributed by atoms with E-state index in [4.69, 9.17) is 0 Å². The predicted molar refractivity (Wildman–Crippen MR) is 77.3 cm³/mol. The minimum absolute atomic E-state index is 0.802. The minimum Gasteiger partial charge on any atom is -0.313 e. The number of rotatable bonds is 8. The molecule has 0 radical (unpaired) electrons. The zero-order chi connectivity index (χ0) is 12.7. The molecule has 1 nitrogen and oxygen atoms in total. The molecule has 0 spiro atoms. The number of unbranched alkanes of at least 4 members (excludes halogenated alkanes) is 1. The van der Waals surface area contributed by atoms with Crippen LogP contribution < -0.4 is 5.32 Å². The Labute approximate surface area is 109 Å². The van der Waals surface area contributed by atoms with E-state index in [0.29, 0.717) is 0 Å². The molecule has 1 saturated carbocycles. The molecule has 0 heterocycles. The lowest BCUT2D eigenvalue weighted by Crippen LogP contribution is -2.36. The Morgan fingerprint density at radius 1 is 1.18 bits per heavy atom. The van der Waals surface area contributed by atoms with E-state index in [1.807, 2.05) is 0 Å². The molecule has 1 fully saturated rings. The molecule has 1 rings (SSSR count). The first-order valence-electron chi connectivity index (χ1n) is 7.96. The average molecular weight is 239 g/mol. The fourth-order valence-electron chi connectivity index (χ4n) is 3.37. The van der Waals surface area contributed by atoms with E-state index in [1.54, 1.807) is 0 Å². The number of hydrogen-bond acceptors (Lipinski definition) is 1. The van der Waals surface area contributed by atoms with Gasteiger partial charge in [-0.05, 0) is 43.6 Å². The van der Waals surface area contributed by atoms with Crippen LogP contribution in [-0.4, -0.2) is 12.6 Å². The maximum absolute atomic E-state index is 3.86. The lowest BCUT2D eigenvalue weighted by molar-refractivity contribution is 0.318. The Morgan fingerprint density at radius 2 is 1.94 bits per heavy atom. The van der Waals surface area contributed by atoms with Crippen molar-refractivity contribution in [3.05, 3.63) is 0 Å². The minimum atomic E-state index is 0.802. The van der Waals surface area contributed by atoms with Gasteiger partial charge in [-0.2, -0.15) is 0 Å². The van der Waals surface area contributed by atoms with Crippen molar-refractivity contribution in [1.82, 2.24) is 5.32 Å². The van der Waals surface area contributed by atoms with Gasteiger partial charge in [0.05, 0.1) is 0 Å². The molecule has 17 heavy (non-hydrogen) atoms. The highest BCUT2D eigenvalue weighted by Gasteiger charge is 2.31. The SMILES string of the molecule is CCCCC(CC)CNC1CCC(CC)C1C. The highest BCUT2D eigenvalue weighted by Crippen LogP contribution is 2.34. The highest BCUT2D eigenvalue weighted by atomic mass is 14.9. The van der Waals surface area contributed by atoms with E-state index in [0.717, 1.165) is 23.8 Å². The Kier molecular flexibility index (Phi) is 7.18. The van der Waals surface area contributed by atoms with Crippen LogP contribution in [0.4, 0.5) is 0 Å². The van der Waals surface area contributed by atoms with Crippen molar-refractivity contribution in [3.63, 3.8) is 0 Å². The third kappa shape index (κ3) is 4.62. The van der Waals surface area contributed by atoms with Crippen LogP contribution in [-0.2, 0) is 0 Å². The van der Waals surface area contributed by atoms with Crippen LogP contribution in [0.15, 0.2) is 0 Å². The molecule has 4 atom stereocenters. The third-order valence-corrected chi connectivity index (χ3v) is 4.96.